The Morgan fingerprint density at radius 3 is 2.51 bits per heavy atom. The summed E-state index contributed by atoms with van der Waals surface area (Å²) in [6.07, 6.45) is 6.68. The first-order chi connectivity index (χ1) is 17.9. The molecule has 6 nitrogen and oxygen atoms in total. The molecule has 5 rings (SSSR count). The number of methoxy groups -OCH3 is 1. The molecule has 2 aliphatic heterocycles. The number of rotatable bonds is 5. The van der Waals surface area contributed by atoms with E-state index in [-0.39, 0.29) is 11.9 Å². The molecular weight excluding hydrogens is 462 g/mol. The monoisotopic (exact) mass is 497 g/mol. The van der Waals surface area contributed by atoms with Crippen molar-refractivity contribution >= 4 is 5.91 Å². The molecule has 2 aliphatic rings. The lowest BCUT2D eigenvalue weighted by Gasteiger charge is -2.40. The predicted molar refractivity (Wildman–Crippen MR) is 146 cm³/mol. The summed E-state index contributed by atoms with van der Waals surface area (Å²) in [6.45, 7) is 8.81. The number of terminal acetylenes is 1. The SMILES string of the molecule is C#Cc1cc(C(=O)N2Cc3ccccc3C[C@H]2CN2CCOCC2)c(-c2cc(C)c(C)n2C)cc1OC. The Morgan fingerprint density at radius 2 is 1.86 bits per heavy atom. The van der Waals surface area contributed by atoms with Gasteiger partial charge in [-0.2, -0.15) is 0 Å². The molecule has 0 spiro atoms. The Balaban J connectivity index is 1.60. The van der Waals surface area contributed by atoms with Gasteiger partial charge < -0.3 is 18.9 Å². The fourth-order valence-corrected chi connectivity index (χ4v) is 5.59. The van der Waals surface area contributed by atoms with Gasteiger partial charge in [0.15, 0.2) is 0 Å². The van der Waals surface area contributed by atoms with Crippen LogP contribution in [0.25, 0.3) is 11.3 Å². The standard InChI is InChI=1S/C31H35N3O3/c1-6-23-17-28(27(18-30(23)36-5)29-15-21(2)22(3)32(29)4)31(35)34-19-25-10-8-7-9-24(25)16-26(34)20-33-11-13-37-14-12-33/h1,7-10,15,17-18,26H,11-14,16,19-20H2,2-5H3/t26-/m0/s1. The number of ether oxygens (including phenoxy) is 2. The molecule has 0 unspecified atom stereocenters. The lowest BCUT2D eigenvalue weighted by Crippen LogP contribution is -2.52. The molecule has 0 radical (unpaired) electrons. The molecule has 3 aromatic rings. The van der Waals surface area contributed by atoms with Gasteiger partial charge in [-0.05, 0) is 55.2 Å². The zero-order valence-corrected chi connectivity index (χ0v) is 22.2. The minimum Gasteiger partial charge on any atom is -0.495 e. The van der Waals surface area contributed by atoms with Gasteiger partial charge >= 0.3 is 0 Å². The molecule has 0 bridgehead atoms. The van der Waals surface area contributed by atoms with Crippen LogP contribution in [-0.2, 0) is 24.8 Å². The number of amides is 1. The normalized spacial score (nSPS) is 17.8. The van der Waals surface area contributed by atoms with Crippen molar-refractivity contribution in [3.8, 4) is 29.4 Å². The fraction of sp³-hybridized carbons (Fsp3) is 0.387. The van der Waals surface area contributed by atoms with Gasteiger partial charge in [-0.1, -0.05) is 30.2 Å². The highest BCUT2D eigenvalue weighted by Crippen LogP contribution is 2.35. The van der Waals surface area contributed by atoms with Gasteiger partial charge in [0, 0.05) is 56.2 Å². The van der Waals surface area contributed by atoms with E-state index in [9.17, 15) is 4.79 Å². The average Bonchev–Trinajstić information content (AvgIpc) is 3.19. The maximum atomic E-state index is 14.5. The van der Waals surface area contributed by atoms with Crippen LogP contribution in [0.15, 0.2) is 42.5 Å². The Labute approximate surface area is 219 Å². The summed E-state index contributed by atoms with van der Waals surface area (Å²) in [5, 5.41) is 0. The predicted octanol–water partition coefficient (Wildman–Crippen LogP) is 4.20. The zero-order chi connectivity index (χ0) is 26.1. The van der Waals surface area contributed by atoms with Crippen molar-refractivity contribution in [3.05, 3.63) is 76.0 Å². The van der Waals surface area contributed by atoms with Crippen LogP contribution in [0, 0.1) is 26.2 Å². The molecule has 0 aliphatic carbocycles. The third-order valence-electron chi connectivity index (χ3n) is 7.98. The van der Waals surface area contributed by atoms with E-state index in [0.29, 0.717) is 23.4 Å². The maximum absolute atomic E-state index is 14.5. The Kier molecular flexibility index (Phi) is 7.10. The molecule has 6 heteroatoms. The second-order valence-electron chi connectivity index (χ2n) is 10.1. The Morgan fingerprint density at radius 1 is 1.14 bits per heavy atom. The van der Waals surface area contributed by atoms with Gasteiger partial charge in [-0.15, -0.1) is 6.42 Å². The summed E-state index contributed by atoms with van der Waals surface area (Å²) in [5.74, 6) is 3.32. The van der Waals surface area contributed by atoms with Crippen LogP contribution < -0.4 is 4.74 Å². The highest BCUT2D eigenvalue weighted by atomic mass is 16.5. The lowest BCUT2D eigenvalue weighted by molar-refractivity contribution is 0.0193. The number of carbonyl (C=O) groups is 1. The quantitative estimate of drug-likeness (QED) is 0.496. The highest BCUT2D eigenvalue weighted by molar-refractivity contribution is 6.02. The van der Waals surface area contributed by atoms with Gasteiger partial charge in [0.2, 0.25) is 0 Å². The maximum Gasteiger partial charge on any atom is 0.255 e. The van der Waals surface area contributed by atoms with Gasteiger partial charge in [0.25, 0.3) is 5.91 Å². The van der Waals surface area contributed by atoms with Gasteiger partial charge in [0.1, 0.15) is 5.75 Å². The number of fused-ring (bicyclic) bond motifs is 1. The van der Waals surface area contributed by atoms with Crippen molar-refractivity contribution in [2.24, 2.45) is 7.05 Å². The van der Waals surface area contributed by atoms with Crippen LogP contribution in [0.5, 0.6) is 5.75 Å². The summed E-state index contributed by atoms with van der Waals surface area (Å²) in [4.78, 5) is 18.9. The third kappa shape index (κ3) is 4.77. The molecule has 1 amide bonds. The minimum atomic E-state index is -0.00146. The first kappa shape index (κ1) is 25.1. The molecule has 1 aromatic heterocycles. The largest absolute Gasteiger partial charge is 0.495 e. The number of aryl methyl sites for hydroxylation is 1. The van der Waals surface area contributed by atoms with Crippen molar-refractivity contribution in [2.75, 3.05) is 40.0 Å². The van der Waals surface area contributed by atoms with Crippen LogP contribution >= 0.6 is 0 Å². The molecule has 2 aromatic carbocycles. The highest BCUT2D eigenvalue weighted by Gasteiger charge is 2.34. The molecule has 0 N–H and O–H groups in total. The van der Waals surface area contributed by atoms with E-state index < -0.39 is 0 Å². The molecule has 37 heavy (non-hydrogen) atoms. The topological polar surface area (TPSA) is 46.9 Å². The van der Waals surface area contributed by atoms with E-state index in [4.69, 9.17) is 15.9 Å². The summed E-state index contributed by atoms with van der Waals surface area (Å²) in [6, 6.07) is 14.4. The van der Waals surface area contributed by atoms with E-state index in [1.165, 1.54) is 16.7 Å². The first-order valence-electron chi connectivity index (χ1n) is 12.9. The van der Waals surface area contributed by atoms with Gasteiger partial charge in [-0.25, -0.2) is 0 Å². The van der Waals surface area contributed by atoms with E-state index >= 15 is 0 Å². The molecule has 0 saturated carbocycles. The van der Waals surface area contributed by atoms with E-state index in [1.807, 2.05) is 24.1 Å². The number of aromatic nitrogens is 1. The van der Waals surface area contributed by atoms with Crippen LogP contribution in [0.1, 0.15) is 38.3 Å². The van der Waals surface area contributed by atoms with Gasteiger partial charge in [-0.3, -0.25) is 9.69 Å². The van der Waals surface area contributed by atoms with E-state index in [0.717, 1.165) is 56.2 Å². The van der Waals surface area contributed by atoms with Crippen molar-refractivity contribution in [2.45, 2.75) is 32.9 Å². The van der Waals surface area contributed by atoms with Crippen molar-refractivity contribution in [1.29, 1.82) is 0 Å². The van der Waals surface area contributed by atoms with Crippen LogP contribution in [0.3, 0.4) is 0 Å². The van der Waals surface area contributed by atoms with E-state index in [1.54, 1.807) is 7.11 Å². The summed E-state index contributed by atoms with van der Waals surface area (Å²) in [7, 11) is 3.65. The second-order valence-corrected chi connectivity index (χ2v) is 10.1. The van der Waals surface area contributed by atoms with Crippen molar-refractivity contribution in [3.63, 3.8) is 0 Å². The zero-order valence-electron chi connectivity index (χ0n) is 22.2. The molecular formula is C31H35N3O3. The lowest BCUT2D eigenvalue weighted by atomic mass is 9.91. The van der Waals surface area contributed by atoms with Crippen LogP contribution in [0.2, 0.25) is 0 Å². The van der Waals surface area contributed by atoms with Crippen molar-refractivity contribution < 1.29 is 14.3 Å². The number of nitrogens with zero attached hydrogens (tertiary/aromatic N) is 3. The number of hydrogen-bond donors (Lipinski definition) is 0. The minimum absolute atomic E-state index is 0.00146. The van der Waals surface area contributed by atoms with E-state index in [2.05, 4.69) is 59.6 Å². The average molecular weight is 498 g/mol. The molecule has 192 valence electrons. The number of carbonyl (C=O) groups excluding carboxylic acids is 1. The third-order valence-corrected chi connectivity index (χ3v) is 7.98. The molecule has 3 heterocycles. The van der Waals surface area contributed by atoms with Crippen LogP contribution in [0.4, 0.5) is 0 Å². The summed E-state index contributed by atoms with van der Waals surface area (Å²) < 4.78 is 13.3. The Hall–Kier alpha value is -3.53. The number of morpholine rings is 1. The van der Waals surface area contributed by atoms with Crippen LogP contribution in [-0.4, -0.2) is 66.3 Å². The summed E-state index contributed by atoms with van der Waals surface area (Å²) >= 11 is 0. The molecule has 1 saturated heterocycles. The summed E-state index contributed by atoms with van der Waals surface area (Å²) in [5.41, 5.74) is 7.86. The molecule has 1 fully saturated rings. The van der Waals surface area contributed by atoms with Gasteiger partial charge in [0.05, 0.1) is 31.5 Å². The fourth-order valence-electron chi connectivity index (χ4n) is 5.59. The number of hydrogen-bond acceptors (Lipinski definition) is 4. The second kappa shape index (κ2) is 10.5. The smallest absolute Gasteiger partial charge is 0.255 e. The Bertz CT molecular complexity index is 1360. The van der Waals surface area contributed by atoms with Crippen molar-refractivity contribution in [1.82, 2.24) is 14.4 Å². The first-order valence-corrected chi connectivity index (χ1v) is 12.9. The number of benzene rings is 2. The molecule has 1 atom stereocenters.